The number of hydrogen-bond donors (Lipinski definition) is 1. The second kappa shape index (κ2) is 7.03. The molecule has 0 bridgehead atoms. The zero-order valence-electron chi connectivity index (χ0n) is 13.5. The highest BCUT2D eigenvalue weighted by Crippen LogP contribution is 2.27. The van der Waals surface area contributed by atoms with Gasteiger partial charge in [0.2, 0.25) is 0 Å². The normalized spacial score (nSPS) is 15.9. The number of thiophene rings is 1. The lowest BCUT2D eigenvalue weighted by atomic mass is 10.0. The van der Waals surface area contributed by atoms with Gasteiger partial charge in [-0.05, 0) is 35.9 Å². The van der Waals surface area contributed by atoms with Crippen molar-refractivity contribution < 1.29 is 9.53 Å². The Labute approximate surface area is 149 Å². The lowest BCUT2D eigenvalue weighted by Crippen LogP contribution is -2.40. The molecular weight excluding hydrogens is 334 g/mol. The quantitative estimate of drug-likeness (QED) is 0.784. The summed E-state index contributed by atoms with van der Waals surface area (Å²) >= 11 is 1.61. The van der Waals surface area contributed by atoms with E-state index in [2.05, 4.69) is 15.3 Å². The van der Waals surface area contributed by atoms with Crippen molar-refractivity contribution in [3.05, 3.63) is 64.7 Å². The topological polar surface area (TPSA) is 64.1 Å². The van der Waals surface area contributed by atoms with Crippen LogP contribution in [0.15, 0.2) is 53.5 Å². The third-order valence-electron chi connectivity index (χ3n) is 4.21. The molecule has 2 aromatic heterocycles. The van der Waals surface area contributed by atoms with Gasteiger partial charge in [-0.25, -0.2) is 0 Å². The van der Waals surface area contributed by atoms with E-state index >= 15 is 0 Å². The lowest BCUT2D eigenvalue weighted by molar-refractivity contribution is -0.128. The summed E-state index contributed by atoms with van der Waals surface area (Å²) in [6.45, 7) is 0.333. The Bertz CT molecular complexity index is 880. The van der Waals surface area contributed by atoms with Gasteiger partial charge >= 0.3 is 0 Å². The Hall–Kier alpha value is -2.73. The molecule has 25 heavy (non-hydrogen) atoms. The van der Waals surface area contributed by atoms with Crippen LogP contribution >= 0.6 is 11.3 Å². The third kappa shape index (κ3) is 3.39. The van der Waals surface area contributed by atoms with E-state index in [4.69, 9.17) is 4.74 Å². The van der Waals surface area contributed by atoms with E-state index in [1.165, 1.54) is 0 Å². The molecule has 0 aliphatic carbocycles. The van der Waals surface area contributed by atoms with Gasteiger partial charge in [-0.15, -0.1) is 0 Å². The van der Waals surface area contributed by atoms with Crippen LogP contribution in [0.25, 0.3) is 11.3 Å². The first kappa shape index (κ1) is 15.8. The number of carbonyl (C=O) groups excluding carboxylic acids is 1. The minimum Gasteiger partial charge on any atom is -0.480 e. The smallest absolute Gasteiger partial charge is 0.261 e. The van der Waals surface area contributed by atoms with Crippen LogP contribution in [0.4, 0.5) is 0 Å². The Morgan fingerprint density at radius 3 is 3.00 bits per heavy atom. The SMILES string of the molecule is O=C(NCc1nccnc1-c1ccsc1)C1CCc2ccccc2O1. The predicted molar refractivity (Wildman–Crippen MR) is 96.4 cm³/mol. The van der Waals surface area contributed by atoms with Crippen LogP contribution in [0, 0.1) is 0 Å². The number of carbonyl (C=O) groups is 1. The second-order valence-corrected chi connectivity index (χ2v) is 6.61. The summed E-state index contributed by atoms with van der Waals surface area (Å²) in [6.07, 6.45) is 4.38. The van der Waals surface area contributed by atoms with Gasteiger partial charge in [-0.3, -0.25) is 14.8 Å². The number of para-hydroxylation sites is 1. The van der Waals surface area contributed by atoms with E-state index in [1.807, 2.05) is 41.1 Å². The monoisotopic (exact) mass is 351 g/mol. The molecular formula is C19H17N3O2S. The summed E-state index contributed by atoms with van der Waals surface area (Å²) in [5, 5.41) is 6.96. The largest absolute Gasteiger partial charge is 0.480 e. The van der Waals surface area contributed by atoms with Crippen molar-refractivity contribution in [1.82, 2.24) is 15.3 Å². The fourth-order valence-electron chi connectivity index (χ4n) is 2.93. The fourth-order valence-corrected chi connectivity index (χ4v) is 3.57. The highest BCUT2D eigenvalue weighted by Gasteiger charge is 2.25. The molecule has 6 heteroatoms. The molecule has 1 amide bonds. The maximum absolute atomic E-state index is 12.5. The molecule has 1 aliphatic rings. The number of ether oxygens (including phenoxy) is 1. The average molecular weight is 351 g/mol. The van der Waals surface area contributed by atoms with Crippen molar-refractivity contribution in [1.29, 1.82) is 0 Å². The van der Waals surface area contributed by atoms with E-state index in [9.17, 15) is 4.79 Å². The summed E-state index contributed by atoms with van der Waals surface area (Å²) in [6, 6.07) is 9.86. The average Bonchev–Trinajstić information content (AvgIpc) is 3.20. The van der Waals surface area contributed by atoms with E-state index in [0.717, 1.165) is 34.7 Å². The Balaban J connectivity index is 1.44. The van der Waals surface area contributed by atoms with Gasteiger partial charge in [0.1, 0.15) is 5.75 Å². The van der Waals surface area contributed by atoms with Gasteiger partial charge in [0, 0.05) is 23.3 Å². The van der Waals surface area contributed by atoms with Crippen molar-refractivity contribution in [3.8, 4) is 17.0 Å². The molecule has 3 aromatic rings. The molecule has 0 spiro atoms. The Morgan fingerprint density at radius 1 is 1.24 bits per heavy atom. The van der Waals surface area contributed by atoms with Gasteiger partial charge in [-0.2, -0.15) is 11.3 Å². The highest BCUT2D eigenvalue weighted by atomic mass is 32.1. The number of aryl methyl sites for hydroxylation is 1. The Kier molecular flexibility index (Phi) is 4.43. The number of aromatic nitrogens is 2. The number of amides is 1. The first-order chi connectivity index (χ1) is 12.3. The molecule has 1 aromatic carbocycles. The van der Waals surface area contributed by atoms with Crippen molar-refractivity contribution in [2.24, 2.45) is 0 Å². The molecule has 0 fully saturated rings. The summed E-state index contributed by atoms with van der Waals surface area (Å²) in [7, 11) is 0. The summed E-state index contributed by atoms with van der Waals surface area (Å²) in [5.41, 5.74) is 3.73. The highest BCUT2D eigenvalue weighted by molar-refractivity contribution is 7.08. The minimum absolute atomic E-state index is 0.114. The maximum Gasteiger partial charge on any atom is 0.261 e. The van der Waals surface area contributed by atoms with E-state index in [-0.39, 0.29) is 5.91 Å². The van der Waals surface area contributed by atoms with Crippen LogP contribution < -0.4 is 10.1 Å². The first-order valence-corrected chi connectivity index (χ1v) is 9.10. The number of benzene rings is 1. The molecule has 0 radical (unpaired) electrons. The molecule has 3 heterocycles. The molecule has 1 unspecified atom stereocenters. The van der Waals surface area contributed by atoms with Gasteiger partial charge in [0.25, 0.3) is 5.91 Å². The van der Waals surface area contributed by atoms with Crippen molar-refractivity contribution in [2.45, 2.75) is 25.5 Å². The first-order valence-electron chi connectivity index (χ1n) is 8.16. The molecule has 0 saturated carbocycles. The van der Waals surface area contributed by atoms with Crippen LogP contribution in [0.1, 0.15) is 17.7 Å². The van der Waals surface area contributed by atoms with Gasteiger partial charge in [0.15, 0.2) is 6.10 Å². The van der Waals surface area contributed by atoms with Crippen LogP contribution in [0.5, 0.6) is 5.75 Å². The minimum atomic E-state index is -0.462. The Morgan fingerprint density at radius 2 is 2.12 bits per heavy atom. The molecule has 5 nitrogen and oxygen atoms in total. The zero-order chi connectivity index (χ0) is 17.1. The zero-order valence-corrected chi connectivity index (χ0v) is 14.3. The van der Waals surface area contributed by atoms with Crippen LogP contribution in [0.2, 0.25) is 0 Å². The number of rotatable bonds is 4. The van der Waals surface area contributed by atoms with Gasteiger partial charge in [-0.1, -0.05) is 18.2 Å². The maximum atomic E-state index is 12.5. The third-order valence-corrected chi connectivity index (χ3v) is 4.89. The summed E-state index contributed by atoms with van der Waals surface area (Å²) in [5.74, 6) is 0.684. The van der Waals surface area contributed by atoms with Crippen LogP contribution in [-0.4, -0.2) is 22.0 Å². The predicted octanol–water partition coefficient (Wildman–Crippen LogP) is 3.22. The van der Waals surface area contributed by atoms with Crippen molar-refractivity contribution in [3.63, 3.8) is 0 Å². The van der Waals surface area contributed by atoms with Crippen LogP contribution in [0.3, 0.4) is 0 Å². The molecule has 1 atom stereocenters. The number of fused-ring (bicyclic) bond motifs is 1. The van der Waals surface area contributed by atoms with Gasteiger partial charge < -0.3 is 10.1 Å². The fraction of sp³-hybridized carbons (Fsp3) is 0.211. The summed E-state index contributed by atoms with van der Waals surface area (Å²) < 4.78 is 5.84. The van der Waals surface area contributed by atoms with Crippen LogP contribution in [-0.2, 0) is 17.8 Å². The molecule has 1 aliphatic heterocycles. The van der Waals surface area contributed by atoms with Gasteiger partial charge in [0.05, 0.1) is 17.9 Å². The van der Waals surface area contributed by atoms with E-state index in [1.54, 1.807) is 23.7 Å². The van der Waals surface area contributed by atoms with E-state index in [0.29, 0.717) is 13.0 Å². The molecule has 1 N–H and O–H groups in total. The van der Waals surface area contributed by atoms with E-state index < -0.39 is 6.10 Å². The number of hydrogen-bond acceptors (Lipinski definition) is 5. The molecule has 0 saturated heterocycles. The van der Waals surface area contributed by atoms with Crippen molar-refractivity contribution in [2.75, 3.05) is 0 Å². The van der Waals surface area contributed by atoms with Crippen molar-refractivity contribution >= 4 is 17.2 Å². The lowest BCUT2D eigenvalue weighted by Gasteiger charge is -2.25. The second-order valence-electron chi connectivity index (χ2n) is 5.83. The number of nitrogens with zero attached hydrogens (tertiary/aromatic N) is 2. The molecule has 126 valence electrons. The molecule has 4 rings (SSSR count). The summed E-state index contributed by atoms with van der Waals surface area (Å²) in [4.78, 5) is 21.3. The number of nitrogens with one attached hydrogen (secondary N) is 1. The standard InChI is InChI=1S/C19H17N3O2S/c23-19(17-6-5-13-3-1-2-4-16(13)24-17)22-11-15-18(21-9-8-20-15)14-7-10-25-12-14/h1-4,7-10,12,17H,5-6,11H2,(H,22,23).